The first-order valence-corrected chi connectivity index (χ1v) is 5.60. The van der Waals surface area contributed by atoms with Gasteiger partial charge in [-0.1, -0.05) is 30.3 Å². The lowest BCUT2D eigenvalue weighted by atomic mass is 10.1. The van der Waals surface area contributed by atoms with Crippen molar-refractivity contribution < 1.29 is 9.59 Å². The summed E-state index contributed by atoms with van der Waals surface area (Å²) in [7, 11) is 3.33. The minimum Gasteiger partial charge on any atom is -0.347 e. The molecule has 92 valence electrons. The summed E-state index contributed by atoms with van der Waals surface area (Å²) in [6.45, 7) is 0.0701. The van der Waals surface area contributed by atoms with Gasteiger partial charge in [0.25, 0.3) is 0 Å². The Kier molecular flexibility index (Phi) is 5.20. The summed E-state index contributed by atoms with van der Waals surface area (Å²) < 4.78 is 0. The molecule has 0 aromatic heterocycles. The second-order valence-electron chi connectivity index (χ2n) is 4.05. The summed E-state index contributed by atoms with van der Waals surface area (Å²) in [5, 5.41) is 2.60. The summed E-state index contributed by atoms with van der Waals surface area (Å²) in [4.78, 5) is 24.2. The number of nitrogens with zero attached hydrogens (tertiary/aromatic N) is 1. The van der Waals surface area contributed by atoms with Crippen molar-refractivity contribution in [2.75, 3.05) is 20.6 Å². The van der Waals surface area contributed by atoms with Crippen molar-refractivity contribution in [2.24, 2.45) is 0 Å². The lowest BCUT2D eigenvalue weighted by Crippen LogP contribution is -2.36. The van der Waals surface area contributed by atoms with E-state index in [2.05, 4.69) is 5.32 Å². The topological polar surface area (TPSA) is 49.4 Å². The van der Waals surface area contributed by atoms with Crippen LogP contribution >= 0.6 is 0 Å². The standard InChI is InChI=1S/C13H18N2O2/c1-15(2)13(17)10-14-12(16)9-8-11-6-4-3-5-7-11/h3-7H,8-10H2,1-2H3,(H,14,16). The molecule has 4 heteroatoms. The molecule has 1 aromatic rings. The average Bonchev–Trinajstić information content (AvgIpc) is 2.34. The normalized spacial score (nSPS) is 9.76. The van der Waals surface area contributed by atoms with Crippen LogP contribution in [0.5, 0.6) is 0 Å². The van der Waals surface area contributed by atoms with Crippen LogP contribution in [0.4, 0.5) is 0 Å². The fourth-order valence-electron chi connectivity index (χ4n) is 1.32. The van der Waals surface area contributed by atoms with Gasteiger partial charge in [0.2, 0.25) is 11.8 Å². The van der Waals surface area contributed by atoms with Crippen LogP contribution < -0.4 is 5.32 Å². The molecule has 0 radical (unpaired) electrons. The number of benzene rings is 1. The number of carbonyl (C=O) groups is 2. The minimum absolute atomic E-state index is 0.0701. The summed E-state index contributed by atoms with van der Waals surface area (Å²) >= 11 is 0. The largest absolute Gasteiger partial charge is 0.347 e. The molecule has 1 aromatic carbocycles. The molecule has 0 fully saturated rings. The van der Waals surface area contributed by atoms with Crippen LogP contribution in [-0.4, -0.2) is 37.4 Å². The molecule has 2 amide bonds. The van der Waals surface area contributed by atoms with Crippen LogP contribution in [0, 0.1) is 0 Å². The Labute approximate surface area is 102 Å². The molecule has 0 bridgehead atoms. The molecule has 0 spiro atoms. The van der Waals surface area contributed by atoms with E-state index in [1.165, 1.54) is 4.90 Å². The summed E-state index contributed by atoms with van der Waals surface area (Å²) in [6, 6.07) is 9.81. The fourth-order valence-corrected chi connectivity index (χ4v) is 1.32. The average molecular weight is 234 g/mol. The van der Waals surface area contributed by atoms with Crippen LogP contribution in [0.3, 0.4) is 0 Å². The van der Waals surface area contributed by atoms with Crippen LogP contribution in [0.15, 0.2) is 30.3 Å². The summed E-state index contributed by atoms with van der Waals surface area (Å²) in [5.74, 6) is -0.192. The van der Waals surface area contributed by atoms with Crippen molar-refractivity contribution in [2.45, 2.75) is 12.8 Å². The third-order valence-electron chi connectivity index (χ3n) is 2.42. The molecule has 17 heavy (non-hydrogen) atoms. The predicted molar refractivity (Wildman–Crippen MR) is 66.5 cm³/mol. The Bertz CT molecular complexity index is 374. The number of carbonyl (C=O) groups excluding carboxylic acids is 2. The smallest absolute Gasteiger partial charge is 0.241 e. The van der Waals surface area contributed by atoms with Gasteiger partial charge in [-0.05, 0) is 12.0 Å². The molecule has 4 nitrogen and oxygen atoms in total. The van der Waals surface area contributed by atoms with Gasteiger partial charge in [0.1, 0.15) is 0 Å². The maximum absolute atomic E-state index is 11.5. The van der Waals surface area contributed by atoms with Gasteiger partial charge in [-0.2, -0.15) is 0 Å². The van der Waals surface area contributed by atoms with Gasteiger partial charge < -0.3 is 10.2 Å². The first-order valence-electron chi connectivity index (χ1n) is 5.60. The van der Waals surface area contributed by atoms with Crippen LogP contribution in [0.1, 0.15) is 12.0 Å². The maximum Gasteiger partial charge on any atom is 0.241 e. The van der Waals surface area contributed by atoms with Gasteiger partial charge in [0.05, 0.1) is 6.54 Å². The Morgan fingerprint density at radius 1 is 1.18 bits per heavy atom. The second kappa shape index (κ2) is 6.68. The van der Waals surface area contributed by atoms with E-state index in [-0.39, 0.29) is 18.4 Å². The Hall–Kier alpha value is -1.84. The van der Waals surface area contributed by atoms with Gasteiger partial charge in [-0.25, -0.2) is 0 Å². The third kappa shape index (κ3) is 5.15. The van der Waals surface area contributed by atoms with E-state index < -0.39 is 0 Å². The monoisotopic (exact) mass is 234 g/mol. The third-order valence-corrected chi connectivity index (χ3v) is 2.42. The highest BCUT2D eigenvalue weighted by Gasteiger charge is 2.06. The maximum atomic E-state index is 11.5. The van der Waals surface area contributed by atoms with Crippen molar-refractivity contribution >= 4 is 11.8 Å². The van der Waals surface area contributed by atoms with E-state index in [4.69, 9.17) is 0 Å². The van der Waals surface area contributed by atoms with Gasteiger partial charge in [0.15, 0.2) is 0 Å². The molecule has 0 unspecified atom stereocenters. The summed E-state index contributed by atoms with van der Waals surface area (Å²) in [6.07, 6.45) is 1.10. The Morgan fingerprint density at radius 3 is 2.41 bits per heavy atom. The molecule has 0 aliphatic rings. The fraction of sp³-hybridized carbons (Fsp3) is 0.385. The molecule has 0 aliphatic carbocycles. The molecule has 1 rings (SSSR count). The van der Waals surface area contributed by atoms with Crippen molar-refractivity contribution in [1.29, 1.82) is 0 Å². The van der Waals surface area contributed by atoms with E-state index in [0.29, 0.717) is 12.8 Å². The number of likely N-dealkylation sites (N-methyl/N-ethyl adjacent to an activating group) is 1. The van der Waals surface area contributed by atoms with Crippen molar-refractivity contribution in [1.82, 2.24) is 10.2 Å². The highest BCUT2D eigenvalue weighted by atomic mass is 16.2. The van der Waals surface area contributed by atoms with E-state index >= 15 is 0 Å². The molecule has 0 aliphatic heterocycles. The van der Waals surface area contributed by atoms with E-state index in [0.717, 1.165) is 5.56 Å². The molecule has 1 N–H and O–H groups in total. The van der Waals surface area contributed by atoms with Crippen LogP contribution in [-0.2, 0) is 16.0 Å². The van der Waals surface area contributed by atoms with E-state index in [1.807, 2.05) is 30.3 Å². The quantitative estimate of drug-likeness (QED) is 0.820. The van der Waals surface area contributed by atoms with E-state index in [9.17, 15) is 9.59 Å². The highest BCUT2D eigenvalue weighted by Crippen LogP contribution is 2.01. The summed E-state index contributed by atoms with van der Waals surface area (Å²) in [5.41, 5.74) is 1.13. The SMILES string of the molecule is CN(C)C(=O)CNC(=O)CCc1ccccc1. The number of hydrogen-bond donors (Lipinski definition) is 1. The lowest BCUT2D eigenvalue weighted by molar-refractivity contribution is -0.130. The van der Waals surface area contributed by atoms with Crippen molar-refractivity contribution in [3.8, 4) is 0 Å². The molecule has 0 saturated carbocycles. The zero-order chi connectivity index (χ0) is 12.7. The molecular formula is C13H18N2O2. The predicted octanol–water partition coefficient (Wildman–Crippen LogP) is 0.824. The minimum atomic E-state index is -0.0990. The van der Waals surface area contributed by atoms with Gasteiger partial charge in [0, 0.05) is 20.5 Å². The molecular weight excluding hydrogens is 216 g/mol. The molecule has 0 heterocycles. The highest BCUT2D eigenvalue weighted by molar-refractivity contribution is 5.84. The number of amides is 2. The number of nitrogens with one attached hydrogen (secondary N) is 1. The van der Waals surface area contributed by atoms with Gasteiger partial charge >= 0.3 is 0 Å². The van der Waals surface area contributed by atoms with Crippen molar-refractivity contribution in [3.63, 3.8) is 0 Å². The molecule has 0 atom stereocenters. The first kappa shape index (κ1) is 13.2. The first-order chi connectivity index (χ1) is 8.09. The van der Waals surface area contributed by atoms with Crippen molar-refractivity contribution in [3.05, 3.63) is 35.9 Å². The lowest BCUT2D eigenvalue weighted by Gasteiger charge is -2.10. The van der Waals surface area contributed by atoms with Crippen LogP contribution in [0.2, 0.25) is 0 Å². The number of aryl methyl sites for hydroxylation is 1. The second-order valence-corrected chi connectivity index (χ2v) is 4.05. The number of hydrogen-bond acceptors (Lipinski definition) is 2. The molecule has 0 saturated heterocycles. The zero-order valence-corrected chi connectivity index (χ0v) is 10.3. The van der Waals surface area contributed by atoms with Gasteiger partial charge in [-0.3, -0.25) is 9.59 Å². The van der Waals surface area contributed by atoms with Crippen LogP contribution in [0.25, 0.3) is 0 Å². The van der Waals surface area contributed by atoms with Gasteiger partial charge in [-0.15, -0.1) is 0 Å². The Morgan fingerprint density at radius 2 is 1.82 bits per heavy atom. The number of rotatable bonds is 5. The Balaban J connectivity index is 2.24. The zero-order valence-electron chi connectivity index (χ0n) is 10.3. The van der Waals surface area contributed by atoms with E-state index in [1.54, 1.807) is 14.1 Å².